The lowest BCUT2D eigenvalue weighted by Crippen LogP contribution is -2.11. The zero-order chi connectivity index (χ0) is 19.7. The fourth-order valence-electron chi connectivity index (χ4n) is 2.93. The number of aromatic nitrogens is 2. The van der Waals surface area contributed by atoms with Crippen LogP contribution in [-0.4, -0.2) is 15.9 Å². The number of carbonyl (C=O) groups excluding carboxylic acids is 1. The Hall–Kier alpha value is -3.26. The minimum absolute atomic E-state index is 0.0324. The second-order valence-corrected chi connectivity index (χ2v) is 6.54. The van der Waals surface area contributed by atoms with E-state index in [4.69, 9.17) is 30.6 Å². The number of anilines is 1. The highest BCUT2D eigenvalue weighted by atomic mass is 35.5. The summed E-state index contributed by atoms with van der Waals surface area (Å²) >= 11 is 6.24. The van der Waals surface area contributed by atoms with E-state index in [0.29, 0.717) is 41.1 Å². The number of nitrogens with two attached hydrogens (primary N) is 1. The van der Waals surface area contributed by atoms with Gasteiger partial charge < -0.3 is 24.3 Å². The molecule has 0 fully saturated rings. The Morgan fingerprint density at radius 1 is 1.32 bits per heavy atom. The third kappa shape index (κ3) is 3.34. The number of hydrogen-bond acceptors (Lipinski definition) is 7. The van der Waals surface area contributed by atoms with Crippen LogP contribution >= 0.6 is 11.6 Å². The van der Waals surface area contributed by atoms with Gasteiger partial charge in [-0.3, -0.25) is 4.79 Å². The van der Waals surface area contributed by atoms with Crippen LogP contribution in [0.15, 0.2) is 44.0 Å². The number of aryl methyl sites for hydroxylation is 1. The maximum Gasteiger partial charge on any atom is 0.270 e. The highest BCUT2D eigenvalue weighted by Gasteiger charge is 2.24. The van der Waals surface area contributed by atoms with E-state index in [1.165, 1.54) is 6.26 Å². The zero-order valence-corrected chi connectivity index (χ0v) is 15.7. The van der Waals surface area contributed by atoms with Crippen molar-refractivity contribution in [3.05, 3.63) is 53.1 Å². The van der Waals surface area contributed by atoms with E-state index in [9.17, 15) is 4.79 Å². The minimum atomic E-state index is -0.674. The van der Waals surface area contributed by atoms with E-state index in [1.807, 2.05) is 19.1 Å². The number of carbonyl (C=O) groups is 1. The second kappa shape index (κ2) is 7.40. The molecule has 0 spiro atoms. The van der Waals surface area contributed by atoms with Gasteiger partial charge in [0.25, 0.3) is 5.91 Å². The first-order valence-corrected chi connectivity index (χ1v) is 9.08. The first kappa shape index (κ1) is 18.1. The van der Waals surface area contributed by atoms with Crippen LogP contribution in [0.3, 0.4) is 0 Å². The van der Waals surface area contributed by atoms with Crippen LogP contribution in [0.2, 0.25) is 5.15 Å². The first-order chi connectivity index (χ1) is 13.6. The molecule has 0 radical (unpaired) electrons. The molecular weight excluding hydrogens is 384 g/mol. The number of nitrogens with zero attached hydrogens (tertiary/aromatic N) is 2. The normalized spacial score (nSPS) is 11.2. The van der Waals surface area contributed by atoms with Crippen LogP contribution in [0.4, 0.5) is 5.69 Å². The number of halogens is 1. The van der Waals surface area contributed by atoms with Gasteiger partial charge in [-0.05, 0) is 18.6 Å². The molecule has 0 saturated heterocycles. The molecule has 0 aromatic carbocycles. The number of hydrogen-bond donors (Lipinski definition) is 2. The van der Waals surface area contributed by atoms with Gasteiger partial charge in [-0.2, -0.15) is 0 Å². The molecule has 0 atom stereocenters. The van der Waals surface area contributed by atoms with Crippen molar-refractivity contribution in [2.75, 3.05) is 5.32 Å². The van der Waals surface area contributed by atoms with Crippen molar-refractivity contribution in [1.29, 1.82) is 0 Å². The molecule has 4 rings (SSSR count). The Labute approximate surface area is 164 Å². The summed E-state index contributed by atoms with van der Waals surface area (Å²) in [5.41, 5.74) is 7.56. The predicted molar refractivity (Wildman–Crippen MR) is 103 cm³/mol. The van der Waals surface area contributed by atoms with Crippen LogP contribution in [-0.2, 0) is 13.0 Å². The van der Waals surface area contributed by atoms with Crippen LogP contribution < -0.4 is 11.1 Å². The summed E-state index contributed by atoms with van der Waals surface area (Å²) in [4.78, 5) is 20.0. The SMILES string of the molecule is CCCc1oc2c(NCc3ccco3)cc(Cl)nc2c1-c1nc(C(N)=O)co1. The maximum absolute atomic E-state index is 11.4. The fraction of sp³-hybridized carbons (Fsp3) is 0.211. The monoisotopic (exact) mass is 400 g/mol. The summed E-state index contributed by atoms with van der Waals surface area (Å²) in [6.45, 7) is 2.48. The van der Waals surface area contributed by atoms with Gasteiger partial charge in [0.2, 0.25) is 5.89 Å². The maximum atomic E-state index is 11.4. The zero-order valence-electron chi connectivity index (χ0n) is 15.0. The summed E-state index contributed by atoms with van der Waals surface area (Å²) in [6, 6.07) is 5.36. The van der Waals surface area contributed by atoms with Crippen molar-refractivity contribution in [2.24, 2.45) is 5.73 Å². The quantitative estimate of drug-likeness (QED) is 0.441. The lowest BCUT2D eigenvalue weighted by molar-refractivity contribution is 0.0995. The number of furan rings is 2. The van der Waals surface area contributed by atoms with Gasteiger partial charge in [-0.15, -0.1) is 0 Å². The van der Waals surface area contributed by atoms with Crippen molar-refractivity contribution in [3.8, 4) is 11.5 Å². The number of pyridine rings is 1. The Morgan fingerprint density at radius 3 is 2.86 bits per heavy atom. The lowest BCUT2D eigenvalue weighted by atomic mass is 10.1. The fourth-order valence-corrected chi connectivity index (χ4v) is 3.13. The van der Waals surface area contributed by atoms with Crippen LogP contribution in [0.5, 0.6) is 0 Å². The van der Waals surface area contributed by atoms with Gasteiger partial charge in [0, 0.05) is 12.5 Å². The smallest absolute Gasteiger partial charge is 0.270 e. The number of primary amides is 1. The van der Waals surface area contributed by atoms with E-state index in [-0.39, 0.29) is 16.7 Å². The Morgan fingerprint density at radius 2 is 2.18 bits per heavy atom. The van der Waals surface area contributed by atoms with Gasteiger partial charge in [0.05, 0.1) is 18.5 Å². The summed E-state index contributed by atoms with van der Waals surface area (Å²) in [7, 11) is 0. The second-order valence-electron chi connectivity index (χ2n) is 6.16. The van der Waals surface area contributed by atoms with E-state index in [2.05, 4.69) is 15.3 Å². The molecule has 4 heterocycles. The van der Waals surface area contributed by atoms with Gasteiger partial charge in [-0.1, -0.05) is 18.5 Å². The number of nitrogens with one attached hydrogen (secondary N) is 1. The molecule has 0 aliphatic rings. The minimum Gasteiger partial charge on any atom is -0.467 e. The Balaban J connectivity index is 1.83. The predicted octanol–water partition coefficient (Wildman–Crippen LogP) is 4.39. The average Bonchev–Trinajstić information content (AvgIpc) is 3.39. The topological polar surface area (TPSA) is 120 Å². The Kier molecular flexibility index (Phi) is 4.79. The van der Waals surface area contributed by atoms with Crippen LogP contribution in [0.25, 0.3) is 22.6 Å². The van der Waals surface area contributed by atoms with Crippen molar-refractivity contribution in [1.82, 2.24) is 9.97 Å². The number of rotatable bonds is 7. The van der Waals surface area contributed by atoms with Gasteiger partial charge in [-0.25, -0.2) is 9.97 Å². The summed E-state index contributed by atoms with van der Waals surface area (Å²) < 4.78 is 16.9. The molecule has 0 unspecified atom stereocenters. The molecule has 8 nitrogen and oxygen atoms in total. The lowest BCUT2D eigenvalue weighted by Gasteiger charge is -2.05. The van der Waals surface area contributed by atoms with Crippen LogP contribution in [0.1, 0.15) is 35.4 Å². The van der Waals surface area contributed by atoms with Gasteiger partial charge in [0.1, 0.15) is 34.0 Å². The summed E-state index contributed by atoms with van der Waals surface area (Å²) in [5, 5.41) is 3.53. The van der Waals surface area contributed by atoms with Crippen molar-refractivity contribution >= 4 is 34.3 Å². The highest BCUT2D eigenvalue weighted by molar-refractivity contribution is 6.30. The third-order valence-corrected chi connectivity index (χ3v) is 4.36. The largest absolute Gasteiger partial charge is 0.467 e. The van der Waals surface area contributed by atoms with Crippen molar-refractivity contribution in [3.63, 3.8) is 0 Å². The standard InChI is InChI=1S/C19H17ClN4O4/c1-2-4-13-15(19-23-12(9-27-19)18(21)25)16-17(28-13)11(7-14(20)24-16)22-8-10-5-3-6-26-10/h3,5-7,9H,2,4,8H2,1H3,(H2,21,25)(H,22,24). The first-order valence-electron chi connectivity index (χ1n) is 8.70. The molecule has 3 N–H and O–H groups in total. The number of fused-ring (bicyclic) bond motifs is 1. The van der Waals surface area contributed by atoms with E-state index in [1.54, 1.807) is 12.3 Å². The average molecular weight is 401 g/mol. The van der Waals surface area contributed by atoms with Gasteiger partial charge >= 0.3 is 0 Å². The van der Waals surface area contributed by atoms with Crippen molar-refractivity contribution < 1.29 is 18.0 Å². The summed E-state index contributed by atoms with van der Waals surface area (Å²) in [5.74, 6) is 0.945. The molecule has 0 aliphatic carbocycles. The van der Waals surface area contributed by atoms with E-state index >= 15 is 0 Å². The molecule has 4 aromatic rings. The molecule has 9 heteroatoms. The Bertz CT molecular complexity index is 1130. The number of oxazole rings is 1. The molecule has 0 bridgehead atoms. The molecule has 0 aliphatic heterocycles. The molecule has 1 amide bonds. The highest BCUT2D eigenvalue weighted by Crippen LogP contribution is 2.38. The third-order valence-electron chi connectivity index (χ3n) is 4.16. The van der Waals surface area contributed by atoms with E-state index < -0.39 is 5.91 Å². The van der Waals surface area contributed by atoms with Crippen LogP contribution in [0, 0.1) is 0 Å². The molecule has 144 valence electrons. The number of amides is 1. The molecular formula is C19H17ClN4O4. The molecule has 28 heavy (non-hydrogen) atoms. The molecule has 0 saturated carbocycles. The van der Waals surface area contributed by atoms with E-state index in [0.717, 1.165) is 12.2 Å². The van der Waals surface area contributed by atoms with Gasteiger partial charge in [0.15, 0.2) is 11.3 Å². The van der Waals surface area contributed by atoms with Crippen molar-refractivity contribution in [2.45, 2.75) is 26.3 Å². The summed E-state index contributed by atoms with van der Waals surface area (Å²) in [6.07, 6.45) is 4.29. The molecule has 4 aromatic heterocycles.